The number of carbonyl (C=O) groups is 1. The van der Waals surface area contributed by atoms with Crippen LogP contribution in [0.5, 0.6) is 5.75 Å². The van der Waals surface area contributed by atoms with E-state index in [4.69, 9.17) is 14.2 Å². The second-order valence-electron chi connectivity index (χ2n) is 11.3. The summed E-state index contributed by atoms with van der Waals surface area (Å²) in [5.41, 5.74) is -0.501. The van der Waals surface area contributed by atoms with E-state index in [1.165, 1.54) is 28.7 Å². The van der Waals surface area contributed by atoms with Gasteiger partial charge < -0.3 is 29.2 Å². The van der Waals surface area contributed by atoms with Gasteiger partial charge in [0.25, 0.3) is 0 Å². The van der Waals surface area contributed by atoms with E-state index in [0.29, 0.717) is 36.7 Å². The van der Waals surface area contributed by atoms with Gasteiger partial charge in [0.2, 0.25) is 15.5 Å². The number of nitrogens with zero attached hydrogens (tertiary/aromatic N) is 2. The van der Waals surface area contributed by atoms with Crippen LogP contribution >= 0.6 is 0 Å². The largest absolute Gasteiger partial charge is 0.491 e. The number of sulfone groups is 1. The predicted molar refractivity (Wildman–Crippen MR) is 165 cm³/mol. The number of ether oxygens (including phenoxy) is 3. The number of hydrogen-bond donors (Lipinski definition) is 2. The molecule has 2 atom stereocenters. The van der Waals surface area contributed by atoms with E-state index >= 15 is 0 Å². The number of benzene rings is 2. The van der Waals surface area contributed by atoms with Crippen molar-refractivity contribution in [1.29, 1.82) is 0 Å². The number of pyridine rings is 1. The molecular weight excluding hydrogens is 626 g/mol. The van der Waals surface area contributed by atoms with Gasteiger partial charge in [-0.25, -0.2) is 21.6 Å². The number of piperidine rings is 1. The number of nitrogens with one attached hydrogen (secondary N) is 1. The number of alkyl carbamates (subject to hydrolysis) is 1. The third-order valence-electron chi connectivity index (χ3n) is 8.15. The Morgan fingerprint density at radius 1 is 1.13 bits per heavy atom. The zero-order chi connectivity index (χ0) is 32.4. The Morgan fingerprint density at radius 3 is 2.58 bits per heavy atom. The third kappa shape index (κ3) is 7.33. The Kier molecular flexibility index (Phi) is 9.56. The van der Waals surface area contributed by atoms with Gasteiger partial charge in [-0.3, -0.25) is 4.79 Å². The molecule has 2 aromatic carbocycles. The number of sulfonamides is 1. The van der Waals surface area contributed by atoms with E-state index in [-0.39, 0.29) is 48.4 Å². The van der Waals surface area contributed by atoms with Gasteiger partial charge in [-0.1, -0.05) is 18.2 Å². The van der Waals surface area contributed by atoms with Gasteiger partial charge in [-0.05, 0) is 50.1 Å². The number of aliphatic hydroxyl groups is 1. The summed E-state index contributed by atoms with van der Waals surface area (Å²) in [6.07, 6.45) is 1.24. The van der Waals surface area contributed by atoms with Crippen LogP contribution in [0.3, 0.4) is 0 Å². The molecular formula is C30H37N3O10S2. The molecule has 0 saturated carbocycles. The number of fused-ring (bicyclic) bond motifs is 1. The average Bonchev–Trinajstić information content (AvgIpc) is 3.40. The highest BCUT2D eigenvalue weighted by atomic mass is 32.2. The van der Waals surface area contributed by atoms with Crippen molar-refractivity contribution < 1.29 is 40.9 Å². The van der Waals surface area contributed by atoms with Crippen LogP contribution in [0.15, 0.2) is 69.3 Å². The molecule has 2 N–H and O–H groups in total. The predicted octanol–water partition coefficient (Wildman–Crippen LogP) is 1.90. The van der Waals surface area contributed by atoms with Crippen molar-refractivity contribution in [3.63, 3.8) is 0 Å². The van der Waals surface area contributed by atoms with Crippen LogP contribution in [-0.4, -0.2) is 93.8 Å². The van der Waals surface area contributed by atoms with Crippen LogP contribution in [0.1, 0.15) is 26.2 Å². The number of hydrogen-bond acceptors (Lipinski definition) is 10. The smallest absolute Gasteiger partial charge is 0.407 e. The lowest BCUT2D eigenvalue weighted by molar-refractivity contribution is -0.0325. The molecule has 3 aromatic rings. The average molecular weight is 664 g/mol. The van der Waals surface area contributed by atoms with Crippen LogP contribution in [-0.2, 0) is 35.9 Å². The quantitative estimate of drug-likeness (QED) is 0.327. The van der Waals surface area contributed by atoms with Crippen molar-refractivity contribution >= 4 is 36.9 Å². The fraction of sp³-hybridized carbons (Fsp3) is 0.467. The van der Waals surface area contributed by atoms with Crippen molar-refractivity contribution in [3.8, 4) is 5.75 Å². The van der Waals surface area contributed by atoms with E-state index < -0.39 is 49.2 Å². The maximum Gasteiger partial charge on any atom is 0.407 e. The number of para-hydroxylation sites is 1. The second-order valence-corrected chi connectivity index (χ2v) is 15.3. The monoisotopic (exact) mass is 663 g/mol. The maximum atomic E-state index is 13.6. The van der Waals surface area contributed by atoms with Gasteiger partial charge in [-0.2, -0.15) is 4.31 Å². The minimum Gasteiger partial charge on any atom is -0.491 e. The Morgan fingerprint density at radius 2 is 1.87 bits per heavy atom. The molecule has 0 bridgehead atoms. The van der Waals surface area contributed by atoms with E-state index in [2.05, 4.69) is 5.32 Å². The number of carbonyl (C=O) groups excluding carboxylic acids is 1. The molecule has 5 rings (SSSR count). The molecule has 2 aliphatic rings. The number of amides is 1. The van der Waals surface area contributed by atoms with Crippen molar-refractivity contribution in [2.75, 3.05) is 39.1 Å². The van der Waals surface area contributed by atoms with E-state index in [9.17, 15) is 31.5 Å². The molecule has 1 spiro atoms. The molecule has 1 aromatic heterocycles. The number of aromatic nitrogens is 1. The Balaban J connectivity index is 1.10. The fourth-order valence-electron chi connectivity index (χ4n) is 5.70. The van der Waals surface area contributed by atoms with Crippen LogP contribution in [0.4, 0.5) is 4.79 Å². The van der Waals surface area contributed by atoms with E-state index in [1.54, 1.807) is 34.9 Å². The summed E-state index contributed by atoms with van der Waals surface area (Å²) in [5.74, 6) is 0.266. The lowest BCUT2D eigenvalue weighted by Gasteiger charge is -2.37. The second kappa shape index (κ2) is 13.1. The first-order chi connectivity index (χ1) is 21.3. The molecule has 244 valence electrons. The van der Waals surface area contributed by atoms with Gasteiger partial charge in [0.05, 0.1) is 29.2 Å². The lowest BCUT2D eigenvalue weighted by atomic mass is 9.89. The van der Waals surface area contributed by atoms with Crippen LogP contribution in [0.2, 0.25) is 0 Å². The first kappa shape index (κ1) is 32.9. The number of aryl methyl sites for hydroxylation is 1. The molecule has 0 aliphatic carbocycles. The summed E-state index contributed by atoms with van der Waals surface area (Å²) in [6, 6.07) is 12.8. The summed E-state index contributed by atoms with van der Waals surface area (Å²) < 4.78 is 70.6. The normalized spacial score (nSPS) is 19.4. The lowest BCUT2D eigenvalue weighted by Crippen LogP contribution is -2.47. The minimum atomic E-state index is -4.05. The molecule has 3 heterocycles. The first-order valence-electron chi connectivity index (χ1n) is 14.6. The van der Waals surface area contributed by atoms with Crippen molar-refractivity contribution in [3.05, 3.63) is 65.0 Å². The summed E-state index contributed by atoms with van der Waals surface area (Å²) in [7, 11) is -7.46. The topological polar surface area (TPSA) is 171 Å². The summed E-state index contributed by atoms with van der Waals surface area (Å²) in [4.78, 5) is 25.4. The molecule has 15 heteroatoms. The molecule has 2 saturated heterocycles. The Hall–Kier alpha value is -3.50. The molecule has 13 nitrogen and oxygen atoms in total. The van der Waals surface area contributed by atoms with Gasteiger partial charge in [0.1, 0.15) is 29.5 Å². The van der Waals surface area contributed by atoms with Crippen LogP contribution in [0.25, 0.3) is 10.9 Å². The Labute approximate surface area is 261 Å². The summed E-state index contributed by atoms with van der Waals surface area (Å²) in [5, 5.41) is 13.0. The molecule has 2 fully saturated rings. The van der Waals surface area contributed by atoms with E-state index in [0.717, 1.165) is 6.26 Å². The summed E-state index contributed by atoms with van der Waals surface area (Å²) >= 11 is 0. The number of rotatable bonds is 10. The summed E-state index contributed by atoms with van der Waals surface area (Å²) in [6.45, 7) is 2.49. The molecule has 0 unspecified atom stereocenters. The maximum absolute atomic E-state index is 13.6. The SMILES string of the molecule is CCn1cc(S(=O)(=O)N2CCC3(CC2)C[C@@H](OC(=O)NC[C@@H](O)COc2cccc(S(C)(=O)=O)c2)CO3)c(=O)c2ccccc21. The van der Waals surface area contributed by atoms with Crippen molar-refractivity contribution in [2.24, 2.45) is 0 Å². The van der Waals surface area contributed by atoms with Crippen molar-refractivity contribution in [2.45, 2.75) is 60.3 Å². The van der Waals surface area contributed by atoms with Gasteiger partial charge >= 0.3 is 6.09 Å². The van der Waals surface area contributed by atoms with Crippen LogP contribution in [0, 0.1) is 0 Å². The van der Waals surface area contributed by atoms with Gasteiger partial charge in [0, 0.05) is 43.9 Å². The molecule has 45 heavy (non-hydrogen) atoms. The Bertz CT molecular complexity index is 1830. The van der Waals surface area contributed by atoms with Crippen molar-refractivity contribution in [1.82, 2.24) is 14.2 Å². The highest BCUT2D eigenvalue weighted by molar-refractivity contribution is 7.90. The fourth-order valence-corrected chi connectivity index (χ4v) is 7.91. The first-order valence-corrected chi connectivity index (χ1v) is 18.0. The van der Waals surface area contributed by atoms with Gasteiger partial charge in [0.15, 0.2) is 9.84 Å². The van der Waals surface area contributed by atoms with E-state index in [1.807, 2.05) is 6.92 Å². The number of aliphatic hydroxyl groups excluding tert-OH is 1. The van der Waals surface area contributed by atoms with Crippen LogP contribution < -0.4 is 15.5 Å². The third-order valence-corrected chi connectivity index (χ3v) is 11.2. The zero-order valence-corrected chi connectivity index (χ0v) is 26.7. The molecule has 0 radical (unpaired) electrons. The van der Waals surface area contributed by atoms with Gasteiger partial charge in [-0.15, -0.1) is 0 Å². The molecule has 1 amide bonds. The standard InChI is InChI=1S/C30H37N3O10S2/c1-3-32-18-27(28(35)25-9-4-5-10-26(25)32)45(39,40)33-13-11-30(12-14-33)16-23(20-42-30)43-29(36)31-17-21(34)19-41-22-7-6-8-24(15-22)44(2,37)38/h4-10,15,18,21,23,34H,3,11-14,16-17,19-20H2,1-2H3,(H,31,36)/t21-,23-/m1/s1. The zero-order valence-electron chi connectivity index (χ0n) is 25.0. The highest BCUT2D eigenvalue weighted by Crippen LogP contribution is 2.38. The molecule has 2 aliphatic heterocycles. The minimum absolute atomic E-state index is 0.0891. The highest BCUT2D eigenvalue weighted by Gasteiger charge is 2.46.